The van der Waals surface area contributed by atoms with Crippen LogP contribution in [-0.4, -0.2) is 45.4 Å². The highest BCUT2D eigenvalue weighted by molar-refractivity contribution is 7.89. The van der Waals surface area contributed by atoms with Crippen molar-refractivity contribution in [2.75, 3.05) is 32.1 Å². The third-order valence-electron chi connectivity index (χ3n) is 5.87. The third-order valence-corrected chi connectivity index (χ3v) is 7.76. The van der Waals surface area contributed by atoms with E-state index in [1.165, 1.54) is 10.4 Å². The van der Waals surface area contributed by atoms with Gasteiger partial charge in [0.05, 0.1) is 24.6 Å². The van der Waals surface area contributed by atoms with Gasteiger partial charge in [-0.1, -0.05) is 48.5 Å². The first-order chi connectivity index (χ1) is 16.5. The highest BCUT2D eigenvalue weighted by Gasteiger charge is 2.27. The van der Waals surface area contributed by atoms with Crippen molar-refractivity contribution in [2.24, 2.45) is 0 Å². The number of ether oxygens (including phenoxy) is 1. The van der Waals surface area contributed by atoms with Crippen molar-refractivity contribution in [2.45, 2.75) is 23.8 Å². The topological polar surface area (TPSA) is 87.7 Å². The van der Waals surface area contributed by atoms with Gasteiger partial charge in [0.15, 0.2) is 0 Å². The summed E-state index contributed by atoms with van der Waals surface area (Å²) in [7, 11) is -1.92. The van der Waals surface area contributed by atoms with Crippen LogP contribution in [0.25, 0.3) is 0 Å². The average molecular weight is 480 g/mol. The Morgan fingerprint density at radius 3 is 2.29 bits per heavy atom. The number of nitrogens with zero attached hydrogens (tertiary/aromatic N) is 1. The lowest BCUT2D eigenvalue weighted by molar-refractivity contribution is -0.115. The minimum Gasteiger partial charge on any atom is -0.497 e. The van der Waals surface area contributed by atoms with Crippen molar-refractivity contribution in [1.29, 1.82) is 0 Å². The summed E-state index contributed by atoms with van der Waals surface area (Å²) in [5.74, 6) is 0.502. The van der Waals surface area contributed by atoms with E-state index in [9.17, 15) is 13.2 Å². The van der Waals surface area contributed by atoms with Crippen LogP contribution in [0, 0.1) is 0 Å². The van der Waals surface area contributed by atoms with Gasteiger partial charge in [-0.2, -0.15) is 4.31 Å². The van der Waals surface area contributed by atoms with Gasteiger partial charge < -0.3 is 10.1 Å². The molecular weight excluding hydrogens is 450 g/mol. The van der Waals surface area contributed by atoms with Crippen LogP contribution in [0.4, 0.5) is 5.69 Å². The Balaban J connectivity index is 1.45. The molecule has 0 spiro atoms. The minimum absolute atomic E-state index is 0.0503. The van der Waals surface area contributed by atoms with Crippen LogP contribution in [0.3, 0.4) is 0 Å². The number of anilines is 1. The van der Waals surface area contributed by atoms with E-state index in [1.54, 1.807) is 25.3 Å². The number of benzene rings is 3. The van der Waals surface area contributed by atoms with Gasteiger partial charge in [0, 0.05) is 18.8 Å². The first-order valence-corrected chi connectivity index (χ1v) is 12.7. The number of rotatable bonds is 9. The van der Waals surface area contributed by atoms with E-state index in [1.807, 2.05) is 54.6 Å². The average Bonchev–Trinajstić information content (AvgIpc) is 3.41. The number of sulfonamides is 1. The molecular formula is C26H29N3O4S. The molecule has 1 saturated heterocycles. The molecule has 8 heteroatoms. The quantitative estimate of drug-likeness (QED) is 0.488. The molecule has 2 N–H and O–H groups in total. The smallest absolute Gasteiger partial charge is 0.243 e. The Hall–Kier alpha value is -3.20. The highest BCUT2D eigenvalue weighted by atomic mass is 32.2. The molecule has 3 aromatic rings. The van der Waals surface area contributed by atoms with Gasteiger partial charge in [-0.15, -0.1) is 0 Å². The van der Waals surface area contributed by atoms with Crippen molar-refractivity contribution in [1.82, 2.24) is 9.62 Å². The molecule has 1 amide bonds. The first kappa shape index (κ1) is 23.9. The Labute approximate surface area is 200 Å². The molecule has 0 bridgehead atoms. The Kier molecular flexibility index (Phi) is 7.62. The zero-order valence-corrected chi connectivity index (χ0v) is 19.9. The van der Waals surface area contributed by atoms with Gasteiger partial charge >= 0.3 is 0 Å². The normalized spacial score (nSPS) is 15.1. The summed E-state index contributed by atoms with van der Waals surface area (Å²) in [4.78, 5) is 12.9. The van der Waals surface area contributed by atoms with Crippen LogP contribution in [0.2, 0.25) is 0 Å². The first-order valence-electron chi connectivity index (χ1n) is 11.3. The van der Waals surface area contributed by atoms with E-state index in [-0.39, 0.29) is 23.4 Å². The van der Waals surface area contributed by atoms with Gasteiger partial charge in [0.1, 0.15) is 5.75 Å². The van der Waals surface area contributed by atoms with Gasteiger partial charge in [-0.25, -0.2) is 8.42 Å². The van der Waals surface area contributed by atoms with Crippen molar-refractivity contribution in [3.8, 4) is 5.75 Å². The zero-order valence-electron chi connectivity index (χ0n) is 19.1. The fourth-order valence-corrected chi connectivity index (χ4v) is 5.65. The van der Waals surface area contributed by atoms with Crippen LogP contribution >= 0.6 is 0 Å². The molecule has 1 atom stereocenters. The number of hydrogen-bond acceptors (Lipinski definition) is 5. The molecule has 1 unspecified atom stereocenters. The zero-order chi connectivity index (χ0) is 24.0. The van der Waals surface area contributed by atoms with Gasteiger partial charge in [0.2, 0.25) is 15.9 Å². The number of methoxy groups -OCH3 is 1. The molecule has 1 heterocycles. The van der Waals surface area contributed by atoms with Gasteiger partial charge in [0.25, 0.3) is 0 Å². The fraction of sp³-hybridized carbons (Fsp3) is 0.269. The van der Waals surface area contributed by atoms with Crippen LogP contribution in [0.15, 0.2) is 83.8 Å². The van der Waals surface area contributed by atoms with Crippen molar-refractivity contribution in [3.05, 3.63) is 90.0 Å². The van der Waals surface area contributed by atoms with E-state index in [0.717, 1.165) is 29.7 Å². The largest absolute Gasteiger partial charge is 0.497 e. The molecule has 3 aromatic carbocycles. The summed E-state index contributed by atoms with van der Waals surface area (Å²) >= 11 is 0. The van der Waals surface area contributed by atoms with Crippen LogP contribution in [0.5, 0.6) is 5.75 Å². The number of carbonyl (C=O) groups excluding carboxylic acids is 1. The maximum Gasteiger partial charge on any atom is 0.243 e. The second-order valence-electron chi connectivity index (χ2n) is 8.18. The van der Waals surface area contributed by atoms with Crippen LogP contribution < -0.4 is 15.4 Å². The predicted molar refractivity (Wildman–Crippen MR) is 132 cm³/mol. The molecule has 1 aliphatic rings. The molecule has 7 nitrogen and oxygen atoms in total. The Bertz CT molecular complexity index is 1210. The second-order valence-corrected chi connectivity index (χ2v) is 10.1. The lowest BCUT2D eigenvalue weighted by Crippen LogP contribution is -2.32. The monoisotopic (exact) mass is 479 g/mol. The molecule has 0 aliphatic carbocycles. The second kappa shape index (κ2) is 10.8. The minimum atomic E-state index is -3.54. The predicted octanol–water partition coefficient (Wildman–Crippen LogP) is 3.80. The molecule has 4 rings (SSSR count). The van der Waals surface area contributed by atoms with Gasteiger partial charge in [-0.3, -0.25) is 10.1 Å². The van der Waals surface area contributed by atoms with Crippen LogP contribution in [0.1, 0.15) is 30.0 Å². The van der Waals surface area contributed by atoms with Crippen molar-refractivity contribution < 1.29 is 17.9 Å². The lowest BCUT2D eigenvalue weighted by atomic mass is 9.98. The maximum atomic E-state index is 12.8. The summed E-state index contributed by atoms with van der Waals surface area (Å²) in [6.07, 6.45) is 1.75. The van der Waals surface area contributed by atoms with E-state index >= 15 is 0 Å². The molecule has 0 aromatic heterocycles. The standard InChI is InChI=1S/C26H29N3O4S/c1-33-23-14-12-21(13-15-23)26(20-8-3-2-4-9-20)27-19-25(30)28-22-10-7-11-24(18-22)34(31,32)29-16-5-6-17-29/h2-4,7-15,18,26-27H,5-6,16-17,19H2,1H3,(H,28,30). The van der Waals surface area contributed by atoms with E-state index in [2.05, 4.69) is 10.6 Å². The van der Waals surface area contributed by atoms with Crippen molar-refractivity contribution in [3.63, 3.8) is 0 Å². The number of hydrogen-bond donors (Lipinski definition) is 2. The third kappa shape index (κ3) is 5.64. The summed E-state index contributed by atoms with van der Waals surface area (Å²) in [6, 6.07) is 23.8. The summed E-state index contributed by atoms with van der Waals surface area (Å²) in [5.41, 5.74) is 2.48. The highest BCUT2D eigenvalue weighted by Crippen LogP contribution is 2.25. The summed E-state index contributed by atoms with van der Waals surface area (Å²) < 4.78 is 32.4. The maximum absolute atomic E-state index is 12.8. The van der Waals surface area contributed by atoms with E-state index in [0.29, 0.717) is 18.8 Å². The Morgan fingerprint density at radius 1 is 0.941 bits per heavy atom. The van der Waals surface area contributed by atoms with E-state index in [4.69, 9.17) is 4.74 Å². The molecule has 0 saturated carbocycles. The van der Waals surface area contributed by atoms with Crippen LogP contribution in [-0.2, 0) is 14.8 Å². The summed E-state index contributed by atoms with van der Waals surface area (Å²) in [5, 5.41) is 6.14. The number of amides is 1. The fourth-order valence-electron chi connectivity index (χ4n) is 4.08. The van der Waals surface area contributed by atoms with Crippen molar-refractivity contribution >= 4 is 21.6 Å². The number of nitrogens with one attached hydrogen (secondary N) is 2. The Morgan fingerprint density at radius 2 is 1.62 bits per heavy atom. The molecule has 1 fully saturated rings. The van der Waals surface area contributed by atoms with E-state index < -0.39 is 10.0 Å². The molecule has 1 aliphatic heterocycles. The summed E-state index contributed by atoms with van der Waals surface area (Å²) in [6.45, 7) is 1.12. The lowest BCUT2D eigenvalue weighted by Gasteiger charge is -2.20. The molecule has 178 valence electrons. The molecule has 34 heavy (non-hydrogen) atoms. The van der Waals surface area contributed by atoms with Gasteiger partial charge in [-0.05, 0) is 54.3 Å². The SMILES string of the molecule is COc1ccc(C(NCC(=O)Nc2cccc(S(=O)(=O)N3CCCC3)c2)c2ccccc2)cc1. The number of carbonyl (C=O) groups is 1. The molecule has 0 radical (unpaired) electrons.